The molecule has 0 fully saturated rings. The Kier molecular flexibility index (Phi) is 4.58. The number of rotatable bonds is 4. The van der Waals surface area contributed by atoms with Gasteiger partial charge in [0.25, 0.3) is 0 Å². The predicted molar refractivity (Wildman–Crippen MR) is 89.9 cm³/mol. The molecular formula is C17H22ClNS. The van der Waals surface area contributed by atoms with E-state index in [4.69, 9.17) is 17.3 Å². The summed E-state index contributed by atoms with van der Waals surface area (Å²) in [6, 6.07) is 8.49. The molecule has 0 aliphatic carbocycles. The summed E-state index contributed by atoms with van der Waals surface area (Å²) < 4.78 is 0. The molecule has 2 aromatic rings. The van der Waals surface area contributed by atoms with Gasteiger partial charge >= 0.3 is 0 Å². The van der Waals surface area contributed by atoms with E-state index in [1.807, 2.05) is 6.92 Å². The first-order valence-corrected chi connectivity index (χ1v) is 8.22. The second-order valence-electron chi connectivity index (χ2n) is 5.93. The van der Waals surface area contributed by atoms with Gasteiger partial charge < -0.3 is 5.73 Å². The van der Waals surface area contributed by atoms with Crippen LogP contribution in [0.5, 0.6) is 0 Å². The average Bonchev–Trinajstić information content (AvgIpc) is 2.78. The number of aryl methyl sites for hydroxylation is 1. The summed E-state index contributed by atoms with van der Waals surface area (Å²) in [5.41, 5.74) is 10.1. The van der Waals surface area contributed by atoms with Crippen molar-refractivity contribution in [1.82, 2.24) is 0 Å². The number of hydrogen-bond acceptors (Lipinski definition) is 2. The molecule has 108 valence electrons. The molecule has 1 atom stereocenters. The monoisotopic (exact) mass is 307 g/mol. The van der Waals surface area contributed by atoms with Crippen LogP contribution in [-0.4, -0.2) is 0 Å². The standard InChI is InChI=1S/C17H22ClNS/c1-5-17(3,4)13-8-6-12(7-9-13)15(19)16-14(18)11(2)10-20-16/h6-10,15H,5,19H2,1-4H3. The van der Waals surface area contributed by atoms with Gasteiger partial charge in [0.05, 0.1) is 11.1 Å². The minimum Gasteiger partial charge on any atom is -0.320 e. The molecule has 2 rings (SSSR count). The molecule has 1 nitrogen and oxygen atoms in total. The lowest BCUT2D eigenvalue weighted by Gasteiger charge is -2.24. The summed E-state index contributed by atoms with van der Waals surface area (Å²) in [5, 5.41) is 2.87. The lowest BCUT2D eigenvalue weighted by molar-refractivity contribution is 0.506. The third kappa shape index (κ3) is 2.93. The fraction of sp³-hybridized carbons (Fsp3) is 0.412. The molecule has 1 unspecified atom stereocenters. The summed E-state index contributed by atoms with van der Waals surface area (Å²) in [4.78, 5) is 1.05. The highest BCUT2D eigenvalue weighted by Gasteiger charge is 2.20. The summed E-state index contributed by atoms with van der Waals surface area (Å²) in [7, 11) is 0. The molecule has 1 aromatic carbocycles. The van der Waals surface area contributed by atoms with E-state index in [1.165, 1.54) is 5.56 Å². The molecule has 3 heteroatoms. The third-order valence-corrected chi connectivity index (χ3v) is 5.94. The molecule has 2 N–H and O–H groups in total. The largest absolute Gasteiger partial charge is 0.320 e. The molecule has 0 amide bonds. The highest BCUT2D eigenvalue weighted by Crippen LogP contribution is 2.35. The number of halogens is 1. The van der Waals surface area contributed by atoms with Crippen molar-refractivity contribution in [2.75, 3.05) is 0 Å². The topological polar surface area (TPSA) is 26.0 Å². The third-order valence-electron chi connectivity index (χ3n) is 4.14. The Bertz CT molecular complexity index is 584. The van der Waals surface area contributed by atoms with E-state index in [0.29, 0.717) is 0 Å². The van der Waals surface area contributed by atoms with Gasteiger partial charge in [0.15, 0.2) is 0 Å². The van der Waals surface area contributed by atoms with Crippen LogP contribution in [-0.2, 0) is 5.41 Å². The Labute approximate surface area is 130 Å². The molecule has 1 heterocycles. The predicted octanol–water partition coefficient (Wildman–Crippen LogP) is 5.45. The Balaban J connectivity index is 2.28. The molecule has 1 aromatic heterocycles. The first-order chi connectivity index (χ1) is 9.36. The molecule has 0 aliphatic heterocycles. The van der Waals surface area contributed by atoms with Crippen LogP contribution in [0.2, 0.25) is 5.02 Å². The Morgan fingerprint density at radius 2 is 1.85 bits per heavy atom. The van der Waals surface area contributed by atoms with Crippen molar-refractivity contribution in [2.45, 2.75) is 45.6 Å². The number of thiophene rings is 1. The lowest BCUT2D eigenvalue weighted by atomic mass is 9.82. The van der Waals surface area contributed by atoms with Crippen LogP contribution < -0.4 is 5.73 Å². The number of benzene rings is 1. The highest BCUT2D eigenvalue weighted by molar-refractivity contribution is 7.10. The van der Waals surface area contributed by atoms with E-state index in [0.717, 1.165) is 27.4 Å². The number of hydrogen-bond donors (Lipinski definition) is 1. The smallest absolute Gasteiger partial charge is 0.0661 e. The molecule has 20 heavy (non-hydrogen) atoms. The summed E-state index contributed by atoms with van der Waals surface area (Å²) >= 11 is 7.95. The Hall–Kier alpha value is -0.830. The van der Waals surface area contributed by atoms with Crippen molar-refractivity contribution in [1.29, 1.82) is 0 Å². The molecule has 0 radical (unpaired) electrons. The maximum Gasteiger partial charge on any atom is 0.0661 e. The van der Waals surface area contributed by atoms with Gasteiger partial charge in [-0.25, -0.2) is 0 Å². The van der Waals surface area contributed by atoms with Crippen molar-refractivity contribution in [3.05, 3.63) is 56.2 Å². The Morgan fingerprint density at radius 1 is 1.25 bits per heavy atom. The summed E-state index contributed by atoms with van der Waals surface area (Å²) in [6.07, 6.45) is 1.12. The van der Waals surface area contributed by atoms with Crippen LogP contribution in [0, 0.1) is 6.92 Å². The van der Waals surface area contributed by atoms with Gasteiger partial charge in [0, 0.05) is 4.88 Å². The van der Waals surface area contributed by atoms with Crippen LogP contribution in [0.15, 0.2) is 29.6 Å². The van der Waals surface area contributed by atoms with E-state index < -0.39 is 0 Å². The van der Waals surface area contributed by atoms with Gasteiger partial charge in [-0.3, -0.25) is 0 Å². The van der Waals surface area contributed by atoms with Gasteiger partial charge in [0.2, 0.25) is 0 Å². The van der Waals surface area contributed by atoms with E-state index in [-0.39, 0.29) is 11.5 Å². The van der Waals surface area contributed by atoms with Crippen LogP contribution in [0.4, 0.5) is 0 Å². The second-order valence-corrected chi connectivity index (χ2v) is 7.22. The SMILES string of the molecule is CCC(C)(C)c1ccc(C(N)c2scc(C)c2Cl)cc1. The van der Waals surface area contributed by atoms with Crippen LogP contribution in [0.25, 0.3) is 0 Å². The first kappa shape index (κ1) is 15.6. The fourth-order valence-electron chi connectivity index (χ4n) is 2.16. The van der Waals surface area contributed by atoms with Gasteiger partial charge in [-0.2, -0.15) is 0 Å². The zero-order valence-electron chi connectivity index (χ0n) is 12.5. The lowest BCUT2D eigenvalue weighted by Crippen LogP contribution is -2.16. The van der Waals surface area contributed by atoms with Crippen LogP contribution >= 0.6 is 22.9 Å². The van der Waals surface area contributed by atoms with E-state index in [9.17, 15) is 0 Å². The van der Waals surface area contributed by atoms with Gasteiger partial charge in [0.1, 0.15) is 0 Å². The van der Waals surface area contributed by atoms with Crippen LogP contribution in [0.1, 0.15) is 54.8 Å². The molecule has 0 bridgehead atoms. The van der Waals surface area contributed by atoms with Crippen molar-refractivity contribution in [3.63, 3.8) is 0 Å². The summed E-state index contributed by atoms with van der Waals surface area (Å²) in [5.74, 6) is 0. The average molecular weight is 308 g/mol. The fourth-order valence-corrected chi connectivity index (χ4v) is 3.50. The minimum absolute atomic E-state index is 0.139. The van der Waals surface area contributed by atoms with Crippen molar-refractivity contribution >= 4 is 22.9 Å². The van der Waals surface area contributed by atoms with Gasteiger partial charge in [-0.05, 0) is 40.8 Å². The normalized spacial score (nSPS) is 13.5. The number of nitrogens with two attached hydrogens (primary N) is 1. The van der Waals surface area contributed by atoms with Crippen LogP contribution in [0.3, 0.4) is 0 Å². The van der Waals surface area contributed by atoms with Gasteiger partial charge in [-0.1, -0.05) is 56.6 Å². The van der Waals surface area contributed by atoms with Crippen molar-refractivity contribution < 1.29 is 0 Å². The van der Waals surface area contributed by atoms with E-state index in [2.05, 4.69) is 50.4 Å². The van der Waals surface area contributed by atoms with Crippen molar-refractivity contribution in [3.8, 4) is 0 Å². The van der Waals surface area contributed by atoms with E-state index in [1.54, 1.807) is 11.3 Å². The minimum atomic E-state index is -0.139. The van der Waals surface area contributed by atoms with Crippen molar-refractivity contribution in [2.24, 2.45) is 5.73 Å². The molecule has 0 aliphatic rings. The Morgan fingerprint density at radius 3 is 2.30 bits per heavy atom. The zero-order valence-corrected chi connectivity index (χ0v) is 14.1. The molecular weight excluding hydrogens is 286 g/mol. The molecule has 0 spiro atoms. The molecule has 0 saturated carbocycles. The maximum absolute atomic E-state index is 6.35. The maximum atomic E-state index is 6.35. The van der Waals surface area contributed by atoms with Gasteiger partial charge in [-0.15, -0.1) is 11.3 Å². The highest BCUT2D eigenvalue weighted by atomic mass is 35.5. The quantitative estimate of drug-likeness (QED) is 0.799. The van der Waals surface area contributed by atoms with E-state index >= 15 is 0 Å². The first-order valence-electron chi connectivity index (χ1n) is 6.96. The second kappa shape index (κ2) is 5.88. The molecule has 0 saturated heterocycles. The summed E-state index contributed by atoms with van der Waals surface area (Å²) in [6.45, 7) is 8.76. The zero-order chi connectivity index (χ0) is 14.9.